The molecule has 1 atom stereocenters. The smallest absolute Gasteiger partial charge is 0.257 e. The molecule has 3 aromatic rings. The highest BCUT2D eigenvalue weighted by Crippen LogP contribution is 2.33. The molecule has 0 bridgehead atoms. The molecule has 0 radical (unpaired) electrons. The zero-order valence-electron chi connectivity index (χ0n) is 13.7. The quantitative estimate of drug-likeness (QED) is 0.753. The number of aromatic nitrogens is 4. The minimum atomic E-state index is -0.0809. The van der Waals surface area contributed by atoms with Gasteiger partial charge in [-0.25, -0.2) is 15.0 Å². The first-order valence-electron chi connectivity index (χ1n) is 8.11. The van der Waals surface area contributed by atoms with Crippen molar-refractivity contribution in [3.63, 3.8) is 0 Å². The molecule has 1 saturated heterocycles. The van der Waals surface area contributed by atoms with Crippen molar-refractivity contribution in [2.24, 2.45) is 0 Å². The normalized spacial score (nSPS) is 17.2. The number of hydrogen-bond donors (Lipinski definition) is 2. The monoisotopic (exact) mass is 356 g/mol. The van der Waals surface area contributed by atoms with E-state index >= 15 is 0 Å². The zero-order chi connectivity index (χ0) is 17.4. The van der Waals surface area contributed by atoms with Gasteiger partial charge in [-0.3, -0.25) is 4.79 Å². The topological polar surface area (TPSA) is 86.8 Å². The van der Waals surface area contributed by atoms with E-state index in [0.29, 0.717) is 23.1 Å². The number of carbonyl (C=O) groups is 1. The lowest BCUT2D eigenvalue weighted by molar-refractivity contribution is 0.0729. The van der Waals surface area contributed by atoms with Crippen LogP contribution in [0.2, 0.25) is 5.02 Å². The van der Waals surface area contributed by atoms with Crippen molar-refractivity contribution >= 4 is 34.5 Å². The molecule has 4 rings (SSSR count). The molecular formula is C17H17ClN6O. The first-order valence-corrected chi connectivity index (χ1v) is 8.49. The van der Waals surface area contributed by atoms with Crippen LogP contribution < -0.4 is 5.32 Å². The minimum absolute atomic E-state index is 0.0800. The van der Waals surface area contributed by atoms with Gasteiger partial charge in [0.15, 0.2) is 0 Å². The molecule has 1 fully saturated rings. The molecule has 1 aliphatic heterocycles. The summed E-state index contributed by atoms with van der Waals surface area (Å²) in [4.78, 5) is 30.9. The molecule has 0 aliphatic carbocycles. The molecule has 7 nitrogen and oxygen atoms in total. The van der Waals surface area contributed by atoms with E-state index < -0.39 is 0 Å². The maximum atomic E-state index is 12.9. The lowest BCUT2D eigenvalue weighted by Gasteiger charge is -2.23. The number of aromatic amines is 1. The SMILES string of the molecule is CNc1ncc(C(=O)N2CCC[C@H]2c2nc3ccc(Cl)cc3[nH]2)cn1. The zero-order valence-corrected chi connectivity index (χ0v) is 14.4. The Labute approximate surface area is 149 Å². The Bertz CT molecular complexity index is 923. The number of likely N-dealkylation sites (tertiary alicyclic amines) is 1. The molecular weight excluding hydrogens is 340 g/mol. The van der Waals surface area contributed by atoms with Gasteiger partial charge in [0, 0.05) is 31.0 Å². The number of anilines is 1. The summed E-state index contributed by atoms with van der Waals surface area (Å²) < 4.78 is 0. The molecule has 25 heavy (non-hydrogen) atoms. The number of amides is 1. The van der Waals surface area contributed by atoms with E-state index in [9.17, 15) is 4.79 Å². The van der Waals surface area contributed by atoms with Gasteiger partial charge in [0.1, 0.15) is 5.82 Å². The second-order valence-electron chi connectivity index (χ2n) is 5.99. The van der Waals surface area contributed by atoms with Crippen LogP contribution in [0.1, 0.15) is 35.1 Å². The van der Waals surface area contributed by atoms with Gasteiger partial charge < -0.3 is 15.2 Å². The molecule has 1 amide bonds. The maximum absolute atomic E-state index is 12.9. The summed E-state index contributed by atoms with van der Waals surface area (Å²) in [5, 5.41) is 3.50. The van der Waals surface area contributed by atoms with Crippen LogP contribution in [0.5, 0.6) is 0 Å². The summed E-state index contributed by atoms with van der Waals surface area (Å²) in [6.45, 7) is 0.690. The van der Waals surface area contributed by atoms with Gasteiger partial charge in [0.2, 0.25) is 5.95 Å². The first-order chi connectivity index (χ1) is 12.2. The Morgan fingerprint density at radius 1 is 1.36 bits per heavy atom. The van der Waals surface area contributed by atoms with Crippen LogP contribution in [0.15, 0.2) is 30.6 Å². The Kier molecular flexibility index (Phi) is 4.01. The van der Waals surface area contributed by atoms with Gasteiger partial charge in [0.05, 0.1) is 22.6 Å². The fraction of sp³-hybridized carbons (Fsp3) is 0.294. The van der Waals surface area contributed by atoms with Crippen molar-refractivity contribution in [3.05, 3.63) is 47.0 Å². The lowest BCUT2D eigenvalue weighted by Crippen LogP contribution is -2.31. The molecule has 128 valence electrons. The molecule has 1 aliphatic rings. The number of benzene rings is 1. The van der Waals surface area contributed by atoms with Crippen LogP contribution in [0.25, 0.3) is 11.0 Å². The van der Waals surface area contributed by atoms with E-state index in [4.69, 9.17) is 11.6 Å². The second kappa shape index (κ2) is 6.33. The highest BCUT2D eigenvalue weighted by molar-refractivity contribution is 6.31. The average Bonchev–Trinajstić information content (AvgIpc) is 3.27. The second-order valence-corrected chi connectivity index (χ2v) is 6.42. The molecule has 0 unspecified atom stereocenters. The highest BCUT2D eigenvalue weighted by atomic mass is 35.5. The van der Waals surface area contributed by atoms with Crippen molar-refractivity contribution in [2.75, 3.05) is 18.9 Å². The number of imidazole rings is 1. The van der Waals surface area contributed by atoms with Crippen molar-refractivity contribution in [1.29, 1.82) is 0 Å². The van der Waals surface area contributed by atoms with Crippen molar-refractivity contribution < 1.29 is 4.79 Å². The Hall–Kier alpha value is -2.67. The number of nitrogens with zero attached hydrogens (tertiary/aromatic N) is 4. The number of carbonyl (C=O) groups excluding carboxylic acids is 1. The van der Waals surface area contributed by atoms with Crippen LogP contribution in [-0.2, 0) is 0 Å². The van der Waals surface area contributed by atoms with E-state index in [-0.39, 0.29) is 11.9 Å². The molecule has 2 N–H and O–H groups in total. The van der Waals surface area contributed by atoms with Crippen LogP contribution in [0.4, 0.5) is 5.95 Å². The Morgan fingerprint density at radius 2 is 2.16 bits per heavy atom. The predicted molar refractivity (Wildman–Crippen MR) is 95.7 cm³/mol. The molecule has 3 heterocycles. The number of hydrogen-bond acceptors (Lipinski definition) is 5. The number of nitrogens with one attached hydrogen (secondary N) is 2. The fourth-order valence-electron chi connectivity index (χ4n) is 3.19. The molecule has 0 saturated carbocycles. The molecule has 0 spiro atoms. The Balaban J connectivity index is 1.63. The number of H-pyrrole nitrogens is 1. The van der Waals surface area contributed by atoms with Crippen LogP contribution in [-0.4, -0.2) is 44.3 Å². The van der Waals surface area contributed by atoms with Crippen molar-refractivity contribution in [1.82, 2.24) is 24.8 Å². The van der Waals surface area contributed by atoms with Crippen LogP contribution >= 0.6 is 11.6 Å². The summed E-state index contributed by atoms with van der Waals surface area (Å²) in [7, 11) is 1.74. The third-order valence-corrected chi connectivity index (χ3v) is 4.65. The molecule has 8 heteroatoms. The van der Waals surface area contributed by atoms with Gasteiger partial charge in [-0.15, -0.1) is 0 Å². The average molecular weight is 357 g/mol. The lowest BCUT2D eigenvalue weighted by atomic mass is 10.2. The van der Waals surface area contributed by atoms with E-state index in [1.54, 1.807) is 19.4 Å². The Morgan fingerprint density at radius 3 is 2.92 bits per heavy atom. The summed E-state index contributed by atoms with van der Waals surface area (Å²) in [6, 6.07) is 5.46. The van der Waals surface area contributed by atoms with E-state index in [1.165, 1.54) is 0 Å². The maximum Gasteiger partial charge on any atom is 0.257 e. The van der Waals surface area contributed by atoms with Gasteiger partial charge in [-0.2, -0.15) is 0 Å². The van der Waals surface area contributed by atoms with Gasteiger partial charge in [-0.1, -0.05) is 11.6 Å². The van der Waals surface area contributed by atoms with Gasteiger partial charge in [-0.05, 0) is 31.0 Å². The minimum Gasteiger partial charge on any atom is -0.357 e. The van der Waals surface area contributed by atoms with Crippen molar-refractivity contribution in [3.8, 4) is 0 Å². The third-order valence-electron chi connectivity index (χ3n) is 4.41. The van der Waals surface area contributed by atoms with Crippen molar-refractivity contribution in [2.45, 2.75) is 18.9 Å². The summed E-state index contributed by atoms with van der Waals surface area (Å²) in [6.07, 6.45) is 4.91. The van der Waals surface area contributed by atoms with Crippen LogP contribution in [0.3, 0.4) is 0 Å². The third kappa shape index (κ3) is 2.91. The molecule has 2 aromatic heterocycles. The fourth-order valence-corrected chi connectivity index (χ4v) is 3.36. The number of fused-ring (bicyclic) bond motifs is 1. The first kappa shape index (κ1) is 15.8. The van der Waals surface area contributed by atoms with E-state index in [0.717, 1.165) is 29.7 Å². The number of halogens is 1. The van der Waals surface area contributed by atoms with Gasteiger partial charge >= 0.3 is 0 Å². The summed E-state index contributed by atoms with van der Waals surface area (Å²) in [5.41, 5.74) is 2.20. The summed E-state index contributed by atoms with van der Waals surface area (Å²) in [5.74, 6) is 1.20. The standard InChI is InChI=1S/C17H17ClN6O/c1-19-17-20-8-10(9-21-17)16(25)24-6-2-3-14(24)15-22-12-5-4-11(18)7-13(12)23-15/h4-5,7-9,14H,2-3,6H2,1H3,(H,22,23)(H,19,20,21)/t14-/m0/s1. The molecule has 1 aromatic carbocycles. The van der Waals surface area contributed by atoms with Crippen LogP contribution in [0, 0.1) is 0 Å². The summed E-state index contributed by atoms with van der Waals surface area (Å²) >= 11 is 6.04. The van der Waals surface area contributed by atoms with E-state index in [1.807, 2.05) is 23.1 Å². The van der Waals surface area contributed by atoms with Gasteiger partial charge in [0.25, 0.3) is 5.91 Å². The van der Waals surface area contributed by atoms with E-state index in [2.05, 4.69) is 25.3 Å². The largest absolute Gasteiger partial charge is 0.357 e. The predicted octanol–water partition coefficient (Wildman–Crippen LogP) is 3.03. The number of rotatable bonds is 3. The highest BCUT2D eigenvalue weighted by Gasteiger charge is 2.33.